The molecule has 0 bridgehead atoms. The van der Waals surface area contributed by atoms with Crippen LogP contribution in [0, 0.1) is 11.8 Å². The fraction of sp³-hybridized carbons (Fsp3) is 0.207. The van der Waals surface area contributed by atoms with Crippen molar-refractivity contribution < 1.29 is 45.8 Å². The summed E-state index contributed by atoms with van der Waals surface area (Å²) >= 11 is 0. The van der Waals surface area contributed by atoms with Gasteiger partial charge in [0.1, 0.15) is 11.3 Å². The SMILES string of the molecule is CNC(=O)c1ccc(C#Cc2ccc(OC(F)(F)F)c(C(=O)NC(CO)Cc3[nH]nc4c(C(F)(F)F)cccc34)c2)cc1. The van der Waals surface area contributed by atoms with Crippen molar-refractivity contribution in [3.63, 3.8) is 0 Å². The summed E-state index contributed by atoms with van der Waals surface area (Å²) in [6.07, 6.45) is -10.0. The molecule has 0 aliphatic carbocycles. The first-order chi connectivity index (χ1) is 20.3. The maximum atomic E-state index is 13.3. The van der Waals surface area contributed by atoms with Crippen molar-refractivity contribution in [2.45, 2.75) is 25.0 Å². The highest BCUT2D eigenvalue weighted by Gasteiger charge is 2.35. The lowest BCUT2D eigenvalue weighted by atomic mass is 10.0. The van der Waals surface area contributed by atoms with Crippen molar-refractivity contribution in [2.24, 2.45) is 0 Å². The van der Waals surface area contributed by atoms with Gasteiger partial charge in [0.2, 0.25) is 0 Å². The van der Waals surface area contributed by atoms with Crippen LogP contribution in [-0.2, 0) is 12.6 Å². The van der Waals surface area contributed by atoms with Crippen LogP contribution in [0.25, 0.3) is 10.9 Å². The zero-order valence-corrected chi connectivity index (χ0v) is 22.2. The van der Waals surface area contributed by atoms with E-state index in [4.69, 9.17) is 0 Å². The van der Waals surface area contributed by atoms with E-state index in [2.05, 4.69) is 37.4 Å². The number of carbonyl (C=O) groups excluding carboxylic acids is 2. The molecule has 0 radical (unpaired) electrons. The zero-order chi connectivity index (χ0) is 31.4. The van der Waals surface area contributed by atoms with Gasteiger partial charge in [-0.1, -0.05) is 24.0 Å². The smallest absolute Gasteiger partial charge is 0.405 e. The predicted octanol–water partition coefficient (Wildman–Crippen LogP) is 4.57. The van der Waals surface area contributed by atoms with Crippen molar-refractivity contribution in [1.82, 2.24) is 20.8 Å². The average molecular weight is 605 g/mol. The van der Waals surface area contributed by atoms with Gasteiger partial charge in [0.15, 0.2) is 0 Å². The first-order valence-corrected chi connectivity index (χ1v) is 12.5. The number of fused-ring (bicyclic) bond motifs is 1. The summed E-state index contributed by atoms with van der Waals surface area (Å²) in [6.45, 7) is -0.702. The van der Waals surface area contributed by atoms with Crippen molar-refractivity contribution in [3.8, 4) is 17.6 Å². The second kappa shape index (κ2) is 12.5. The van der Waals surface area contributed by atoms with Crippen molar-refractivity contribution in [3.05, 3.63) is 94.2 Å². The maximum Gasteiger partial charge on any atom is 0.573 e. The molecular weight excluding hydrogens is 582 g/mol. The van der Waals surface area contributed by atoms with Crippen LogP contribution in [0.5, 0.6) is 5.75 Å². The van der Waals surface area contributed by atoms with E-state index in [9.17, 15) is 41.0 Å². The number of aromatic nitrogens is 2. The molecule has 1 atom stereocenters. The number of rotatable bonds is 7. The Hall–Kier alpha value is -5.03. The van der Waals surface area contributed by atoms with Gasteiger partial charge in [0.25, 0.3) is 11.8 Å². The summed E-state index contributed by atoms with van der Waals surface area (Å²) in [5, 5.41) is 21.0. The van der Waals surface area contributed by atoms with E-state index in [0.717, 1.165) is 18.2 Å². The normalized spacial score (nSPS) is 12.3. The molecule has 0 aliphatic heterocycles. The predicted molar refractivity (Wildman–Crippen MR) is 142 cm³/mol. The summed E-state index contributed by atoms with van der Waals surface area (Å²) in [5.41, 5.74) is -0.705. The number of para-hydroxylation sites is 1. The first-order valence-electron chi connectivity index (χ1n) is 12.5. The Morgan fingerprint density at radius 2 is 1.65 bits per heavy atom. The molecule has 43 heavy (non-hydrogen) atoms. The molecule has 224 valence electrons. The molecule has 8 nitrogen and oxygen atoms in total. The molecule has 14 heteroatoms. The van der Waals surface area contributed by atoms with E-state index in [0.29, 0.717) is 11.1 Å². The molecule has 0 spiro atoms. The van der Waals surface area contributed by atoms with Crippen LogP contribution in [0.15, 0.2) is 60.7 Å². The summed E-state index contributed by atoms with van der Waals surface area (Å²) in [6, 6.07) is 11.7. The second-order valence-corrected chi connectivity index (χ2v) is 9.12. The molecule has 4 rings (SSSR count). The number of halogens is 6. The lowest BCUT2D eigenvalue weighted by molar-refractivity contribution is -0.274. The molecular formula is C29H22F6N4O4. The quantitative estimate of drug-likeness (QED) is 0.182. The number of aromatic amines is 1. The Balaban J connectivity index is 1.59. The number of carbonyl (C=O) groups is 2. The number of nitrogens with zero attached hydrogens (tertiary/aromatic N) is 1. The van der Waals surface area contributed by atoms with Gasteiger partial charge in [-0.15, -0.1) is 13.2 Å². The van der Waals surface area contributed by atoms with Crippen molar-refractivity contribution in [1.29, 1.82) is 0 Å². The van der Waals surface area contributed by atoms with Crippen LogP contribution in [0.4, 0.5) is 26.3 Å². The van der Waals surface area contributed by atoms with Crippen LogP contribution >= 0.6 is 0 Å². The van der Waals surface area contributed by atoms with Crippen molar-refractivity contribution >= 4 is 22.7 Å². The molecule has 0 saturated heterocycles. The van der Waals surface area contributed by atoms with Gasteiger partial charge in [-0.25, -0.2) is 0 Å². The molecule has 2 amide bonds. The lowest BCUT2D eigenvalue weighted by Gasteiger charge is -2.18. The fourth-order valence-electron chi connectivity index (χ4n) is 4.14. The Kier molecular flexibility index (Phi) is 8.96. The van der Waals surface area contributed by atoms with E-state index in [1.54, 1.807) is 12.1 Å². The van der Waals surface area contributed by atoms with E-state index < -0.39 is 48.0 Å². The van der Waals surface area contributed by atoms with Gasteiger partial charge >= 0.3 is 12.5 Å². The standard InChI is InChI=1S/C29H22F6N4O4/c1-36-26(41)18-10-7-16(8-11-18)5-6-17-9-12-24(43-29(33,34)35)21(13-17)27(42)37-19(15-40)14-23-20-3-2-4-22(28(30,31)32)25(20)39-38-23/h2-4,7-13,19,40H,14-15H2,1H3,(H,36,41)(H,37,42)(H,38,39). The van der Waals surface area contributed by atoms with Gasteiger partial charge in [0.05, 0.1) is 23.8 Å². The Morgan fingerprint density at radius 1 is 0.977 bits per heavy atom. The van der Waals surface area contributed by atoms with Crippen LogP contribution < -0.4 is 15.4 Å². The molecule has 4 N–H and O–H groups in total. The number of benzene rings is 3. The average Bonchev–Trinajstić information content (AvgIpc) is 3.37. The Morgan fingerprint density at radius 3 is 2.28 bits per heavy atom. The molecule has 0 fully saturated rings. The van der Waals surface area contributed by atoms with Crippen LogP contribution in [-0.4, -0.2) is 53.2 Å². The summed E-state index contributed by atoms with van der Waals surface area (Å²) in [4.78, 5) is 24.8. The number of aliphatic hydroxyl groups is 1. The third kappa shape index (κ3) is 7.63. The minimum Gasteiger partial charge on any atom is -0.405 e. The number of alkyl halides is 6. The van der Waals surface area contributed by atoms with E-state index >= 15 is 0 Å². The third-order valence-corrected chi connectivity index (χ3v) is 6.15. The van der Waals surface area contributed by atoms with Gasteiger partial charge in [-0.2, -0.15) is 18.3 Å². The van der Waals surface area contributed by atoms with Crippen LogP contribution in [0.3, 0.4) is 0 Å². The summed E-state index contributed by atoms with van der Waals surface area (Å²) in [7, 11) is 1.48. The van der Waals surface area contributed by atoms with Crippen molar-refractivity contribution in [2.75, 3.05) is 13.7 Å². The van der Waals surface area contributed by atoms with Gasteiger partial charge in [0, 0.05) is 41.2 Å². The second-order valence-electron chi connectivity index (χ2n) is 9.12. The minimum atomic E-state index is -5.13. The first kappa shape index (κ1) is 30.9. The summed E-state index contributed by atoms with van der Waals surface area (Å²) < 4.78 is 83.3. The Labute approximate surface area is 240 Å². The third-order valence-electron chi connectivity index (χ3n) is 6.15. The zero-order valence-electron chi connectivity index (χ0n) is 22.2. The molecule has 0 aliphatic rings. The molecule has 1 unspecified atom stereocenters. The topological polar surface area (TPSA) is 116 Å². The highest BCUT2D eigenvalue weighted by molar-refractivity contribution is 5.97. The summed E-state index contributed by atoms with van der Waals surface area (Å²) in [5.74, 6) is 3.32. The monoisotopic (exact) mass is 604 g/mol. The number of ether oxygens (including phenoxy) is 1. The number of amides is 2. The minimum absolute atomic E-state index is 0.101. The molecule has 3 aromatic carbocycles. The van der Waals surface area contributed by atoms with E-state index in [-0.39, 0.29) is 34.5 Å². The van der Waals surface area contributed by atoms with E-state index in [1.165, 1.54) is 37.4 Å². The maximum absolute atomic E-state index is 13.3. The number of hydrogen-bond acceptors (Lipinski definition) is 5. The van der Waals surface area contributed by atoms with Gasteiger partial charge in [-0.3, -0.25) is 14.7 Å². The number of H-pyrrole nitrogens is 1. The number of hydrogen-bond donors (Lipinski definition) is 4. The highest BCUT2D eigenvalue weighted by Crippen LogP contribution is 2.35. The highest BCUT2D eigenvalue weighted by atomic mass is 19.4. The number of aliphatic hydroxyl groups excluding tert-OH is 1. The number of nitrogens with one attached hydrogen (secondary N) is 3. The fourth-order valence-corrected chi connectivity index (χ4v) is 4.14. The Bertz CT molecular complexity index is 1700. The van der Waals surface area contributed by atoms with Gasteiger partial charge < -0.3 is 20.5 Å². The lowest BCUT2D eigenvalue weighted by Crippen LogP contribution is -2.39. The van der Waals surface area contributed by atoms with Crippen LogP contribution in [0.2, 0.25) is 0 Å². The molecule has 4 aromatic rings. The molecule has 0 saturated carbocycles. The van der Waals surface area contributed by atoms with Crippen LogP contribution in [0.1, 0.15) is 43.1 Å². The van der Waals surface area contributed by atoms with E-state index in [1.807, 2.05) is 0 Å². The largest absolute Gasteiger partial charge is 0.573 e. The molecule has 1 aromatic heterocycles. The molecule has 1 heterocycles. The van der Waals surface area contributed by atoms with Gasteiger partial charge in [-0.05, 0) is 48.5 Å².